The van der Waals surface area contributed by atoms with E-state index < -0.39 is 6.04 Å². The minimum atomic E-state index is -0.465. The molecule has 1 aromatic carbocycles. The zero-order valence-electron chi connectivity index (χ0n) is 14.5. The van der Waals surface area contributed by atoms with E-state index in [9.17, 15) is 9.59 Å². The van der Waals surface area contributed by atoms with Crippen LogP contribution in [0.25, 0.3) is 0 Å². The normalized spacial score (nSPS) is 21.4. The number of nitrogens with one attached hydrogen (secondary N) is 1. The van der Waals surface area contributed by atoms with E-state index in [2.05, 4.69) is 11.2 Å². The summed E-state index contributed by atoms with van der Waals surface area (Å²) in [6.45, 7) is 0.201. The number of thioether (sulfide) groups is 1. The largest absolute Gasteiger partial charge is 0.463 e. The summed E-state index contributed by atoms with van der Waals surface area (Å²) in [5, 5.41) is 3.93. The minimum Gasteiger partial charge on any atom is -0.463 e. The number of fused-ring (bicyclic) bond motifs is 1. The summed E-state index contributed by atoms with van der Waals surface area (Å²) in [5.41, 5.74) is 7.12. The second kappa shape index (κ2) is 8.55. The Morgan fingerprint density at radius 1 is 1.41 bits per heavy atom. The first-order valence-corrected chi connectivity index (χ1v) is 9.72. The molecule has 0 radical (unpaired) electrons. The van der Waals surface area contributed by atoms with Crippen LogP contribution in [0.4, 0.5) is 0 Å². The van der Waals surface area contributed by atoms with Crippen molar-refractivity contribution in [2.45, 2.75) is 25.3 Å². The highest BCUT2D eigenvalue weighted by atomic mass is 35.5. The van der Waals surface area contributed by atoms with Crippen LogP contribution in [-0.4, -0.2) is 24.4 Å². The standard InChI is InChI=1S/C20H19ClN2O3S/c1-2-3-8-26-20(25)16-10-12-9-14(19(22)27-17(12)11-23-16)18(24)13-6-4-5-7-15(13)21/h1,4-7,11-12,16,23H,3,8-10,22H2. The first-order valence-electron chi connectivity index (χ1n) is 8.53. The van der Waals surface area contributed by atoms with E-state index in [0.29, 0.717) is 40.5 Å². The molecule has 0 fully saturated rings. The number of Topliss-reactive ketones (excluding diaryl/α,β-unsaturated/α-hetero) is 1. The summed E-state index contributed by atoms with van der Waals surface area (Å²) in [5.74, 6) is 1.95. The number of halogens is 1. The zero-order chi connectivity index (χ0) is 19.4. The number of benzene rings is 1. The van der Waals surface area contributed by atoms with Crippen LogP contribution in [-0.2, 0) is 9.53 Å². The van der Waals surface area contributed by atoms with Gasteiger partial charge in [0.25, 0.3) is 0 Å². The van der Waals surface area contributed by atoms with Gasteiger partial charge in [0.2, 0.25) is 0 Å². The number of esters is 1. The van der Waals surface area contributed by atoms with Gasteiger partial charge in [-0.2, -0.15) is 0 Å². The van der Waals surface area contributed by atoms with Crippen molar-refractivity contribution in [3.05, 3.63) is 56.6 Å². The second-order valence-corrected chi connectivity index (χ2v) is 7.80. The molecule has 0 spiro atoms. The van der Waals surface area contributed by atoms with E-state index in [4.69, 9.17) is 28.5 Å². The van der Waals surface area contributed by atoms with Crippen LogP contribution in [0.15, 0.2) is 46.0 Å². The van der Waals surface area contributed by atoms with Crippen LogP contribution < -0.4 is 11.1 Å². The molecule has 0 aromatic heterocycles. The Labute approximate surface area is 167 Å². The van der Waals surface area contributed by atoms with Crippen LogP contribution in [0.2, 0.25) is 5.02 Å². The van der Waals surface area contributed by atoms with Crippen LogP contribution in [0, 0.1) is 18.3 Å². The molecular formula is C20H19ClN2O3S. The third kappa shape index (κ3) is 4.32. The molecule has 2 unspecified atom stereocenters. The Balaban J connectivity index is 1.73. The van der Waals surface area contributed by atoms with Crippen molar-refractivity contribution in [2.24, 2.45) is 11.7 Å². The summed E-state index contributed by atoms with van der Waals surface area (Å²) in [7, 11) is 0. The first kappa shape index (κ1) is 19.4. The lowest BCUT2D eigenvalue weighted by molar-refractivity contribution is -0.146. The number of nitrogens with two attached hydrogens (primary N) is 1. The maximum atomic E-state index is 12.9. The molecule has 5 nitrogen and oxygen atoms in total. The number of hydrogen-bond acceptors (Lipinski definition) is 6. The summed E-state index contributed by atoms with van der Waals surface area (Å²) < 4.78 is 5.18. The van der Waals surface area contributed by atoms with Gasteiger partial charge in [0.1, 0.15) is 12.6 Å². The number of carbonyl (C=O) groups is 2. The fraction of sp³-hybridized carbons (Fsp3) is 0.300. The highest BCUT2D eigenvalue weighted by molar-refractivity contribution is 8.06. The Morgan fingerprint density at radius 3 is 2.93 bits per heavy atom. The highest BCUT2D eigenvalue weighted by Crippen LogP contribution is 2.44. The Hall–Kier alpha value is -2.36. The molecule has 3 rings (SSSR count). The molecule has 3 N–H and O–H groups in total. The molecule has 0 bridgehead atoms. The molecule has 2 aliphatic rings. The number of carbonyl (C=O) groups excluding carboxylic acids is 2. The quantitative estimate of drug-likeness (QED) is 0.340. The van der Waals surface area contributed by atoms with Gasteiger partial charge in [-0.05, 0) is 30.9 Å². The number of rotatable bonds is 5. The molecule has 0 aliphatic carbocycles. The molecule has 27 heavy (non-hydrogen) atoms. The summed E-state index contributed by atoms with van der Waals surface area (Å²) >= 11 is 7.52. The van der Waals surface area contributed by atoms with Crippen LogP contribution >= 0.6 is 23.4 Å². The van der Waals surface area contributed by atoms with E-state index in [1.807, 2.05) is 0 Å². The van der Waals surface area contributed by atoms with Crippen molar-refractivity contribution in [1.29, 1.82) is 0 Å². The fourth-order valence-electron chi connectivity index (χ4n) is 3.09. The van der Waals surface area contributed by atoms with E-state index in [1.54, 1.807) is 30.5 Å². The molecule has 2 atom stereocenters. The SMILES string of the molecule is C#CCCOC(=O)C1CC2CC(C(=O)c3ccccc3Cl)=C(N)SC2=CN1. The van der Waals surface area contributed by atoms with Gasteiger partial charge in [-0.3, -0.25) is 4.79 Å². The van der Waals surface area contributed by atoms with Crippen LogP contribution in [0.1, 0.15) is 29.6 Å². The zero-order valence-corrected chi connectivity index (χ0v) is 16.1. The lowest BCUT2D eigenvalue weighted by Crippen LogP contribution is -2.41. The highest BCUT2D eigenvalue weighted by Gasteiger charge is 2.35. The molecule has 0 saturated heterocycles. The van der Waals surface area contributed by atoms with E-state index in [1.165, 1.54) is 11.8 Å². The number of terminal acetylenes is 1. The third-order valence-electron chi connectivity index (χ3n) is 4.49. The van der Waals surface area contributed by atoms with Gasteiger partial charge >= 0.3 is 5.97 Å². The summed E-state index contributed by atoms with van der Waals surface area (Å²) in [4.78, 5) is 26.1. The van der Waals surface area contributed by atoms with Crippen LogP contribution in [0.5, 0.6) is 0 Å². The monoisotopic (exact) mass is 402 g/mol. The topological polar surface area (TPSA) is 81.4 Å². The maximum absolute atomic E-state index is 12.9. The number of ether oxygens (including phenoxy) is 1. The molecule has 140 valence electrons. The minimum absolute atomic E-state index is 0.0233. The summed E-state index contributed by atoms with van der Waals surface area (Å²) in [6.07, 6.45) is 8.33. The molecule has 0 amide bonds. The van der Waals surface area contributed by atoms with E-state index in [-0.39, 0.29) is 24.3 Å². The average Bonchev–Trinajstić information content (AvgIpc) is 2.67. The van der Waals surface area contributed by atoms with Crippen molar-refractivity contribution >= 4 is 35.1 Å². The maximum Gasteiger partial charge on any atom is 0.328 e. The van der Waals surface area contributed by atoms with Gasteiger partial charge in [0.05, 0.1) is 10.1 Å². The summed E-state index contributed by atoms with van der Waals surface area (Å²) in [6, 6.07) is 6.45. The Kier molecular flexibility index (Phi) is 6.15. The Morgan fingerprint density at radius 2 is 2.19 bits per heavy atom. The number of allylic oxidation sites excluding steroid dienone is 2. The van der Waals surface area contributed by atoms with Crippen molar-refractivity contribution in [3.8, 4) is 12.3 Å². The third-order valence-corrected chi connectivity index (χ3v) is 5.98. The van der Waals surface area contributed by atoms with Crippen molar-refractivity contribution < 1.29 is 14.3 Å². The lowest BCUT2D eigenvalue weighted by Gasteiger charge is -2.33. The van der Waals surface area contributed by atoms with Crippen molar-refractivity contribution in [1.82, 2.24) is 5.32 Å². The fourth-order valence-corrected chi connectivity index (χ4v) is 4.34. The van der Waals surface area contributed by atoms with Gasteiger partial charge in [0, 0.05) is 28.7 Å². The van der Waals surface area contributed by atoms with Crippen molar-refractivity contribution in [2.75, 3.05) is 6.61 Å². The molecule has 7 heteroatoms. The number of hydrogen-bond donors (Lipinski definition) is 2. The molecular weight excluding hydrogens is 384 g/mol. The Bertz CT molecular complexity index is 872. The molecule has 2 heterocycles. The van der Waals surface area contributed by atoms with Gasteiger partial charge in [0.15, 0.2) is 5.78 Å². The average molecular weight is 403 g/mol. The first-order chi connectivity index (χ1) is 13.0. The number of ketones is 1. The van der Waals surface area contributed by atoms with Gasteiger partial charge < -0.3 is 15.8 Å². The predicted octanol–water partition coefficient (Wildman–Crippen LogP) is 3.22. The molecule has 1 aromatic rings. The van der Waals surface area contributed by atoms with E-state index in [0.717, 1.165) is 4.91 Å². The molecule has 2 aliphatic heterocycles. The second-order valence-electron chi connectivity index (χ2n) is 6.28. The van der Waals surface area contributed by atoms with Gasteiger partial charge in [-0.15, -0.1) is 12.3 Å². The van der Waals surface area contributed by atoms with Gasteiger partial charge in [-0.25, -0.2) is 4.79 Å². The van der Waals surface area contributed by atoms with E-state index >= 15 is 0 Å². The smallest absolute Gasteiger partial charge is 0.328 e. The predicted molar refractivity (Wildman–Crippen MR) is 107 cm³/mol. The van der Waals surface area contributed by atoms with Crippen molar-refractivity contribution in [3.63, 3.8) is 0 Å². The van der Waals surface area contributed by atoms with Crippen LogP contribution in [0.3, 0.4) is 0 Å². The van der Waals surface area contributed by atoms with Gasteiger partial charge in [-0.1, -0.05) is 35.5 Å². The lowest BCUT2D eigenvalue weighted by atomic mass is 9.87. The molecule has 0 saturated carbocycles.